The van der Waals surface area contributed by atoms with Gasteiger partial charge in [-0.15, -0.1) is 0 Å². The van der Waals surface area contributed by atoms with Gasteiger partial charge in [-0.05, 0) is 37.0 Å². The predicted octanol–water partition coefficient (Wildman–Crippen LogP) is 4.86. The number of rotatable bonds is 7. The zero-order valence-electron chi connectivity index (χ0n) is 18.0. The maximum absolute atomic E-state index is 12.9. The molecule has 1 atom stereocenters. The van der Waals surface area contributed by atoms with E-state index in [0.29, 0.717) is 36.8 Å². The fourth-order valence-electron chi connectivity index (χ4n) is 3.69. The Labute approximate surface area is 178 Å². The van der Waals surface area contributed by atoms with Crippen molar-refractivity contribution in [3.63, 3.8) is 0 Å². The van der Waals surface area contributed by atoms with Crippen LogP contribution in [0.5, 0.6) is 5.75 Å². The molecule has 1 amide bonds. The van der Waals surface area contributed by atoms with E-state index in [1.807, 2.05) is 44.2 Å². The Bertz CT molecular complexity index is 977. The number of likely N-dealkylation sites (tertiary alicyclic amines) is 1. The van der Waals surface area contributed by atoms with Crippen molar-refractivity contribution < 1.29 is 19.4 Å². The number of benzene rings is 2. The average molecular weight is 408 g/mol. The number of hydrogen-bond donors (Lipinski definition) is 1. The van der Waals surface area contributed by atoms with E-state index in [-0.39, 0.29) is 11.3 Å². The van der Waals surface area contributed by atoms with E-state index in [2.05, 4.69) is 13.8 Å². The Morgan fingerprint density at radius 3 is 2.53 bits per heavy atom. The third-order valence-corrected chi connectivity index (χ3v) is 5.05. The SMILES string of the molecule is CCCN1C(=O)C(=O)/C(=C(\O)c2cccc(OCC(C)C)c2)C1c1cccc(C)c1. The summed E-state index contributed by atoms with van der Waals surface area (Å²) in [6.07, 6.45) is 0.716. The van der Waals surface area contributed by atoms with Crippen molar-refractivity contribution in [2.75, 3.05) is 13.2 Å². The van der Waals surface area contributed by atoms with Gasteiger partial charge in [-0.25, -0.2) is 0 Å². The van der Waals surface area contributed by atoms with Crippen molar-refractivity contribution in [2.45, 2.75) is 40.2 Å². The van der Waals surface area contributed by atoms with Crippen molar-refractivity contribution in [1.29, 1.82) is 0 Å². The maximum atomic E-state index is 12.9. The molecule has 1 unspecified atom stereocenters. The van der Waals surface area contributed by atoms with Gasteiger partial charge >= 0.3 is 0 Å². The first-order valence-corrected chi connectivity index (χ1v) is 10.4. The second-order valence-corrected chi connectivity index (χ2v) is 8.14. The molecule has 30 heavy (non-hydrogen) atoms. The summed E-state index contributed by atoms with van der Waals surface area (Å²) in [5, 5.41) is 11.1. The van der Waals surface area contributed by atoms with E-state index in [4.69, 9.17) is 4.74 Å². The number of ketones is 1. The minimum Gasteiger partial charge on any atom is -0.507 e. The standard InChI is InChI=1S/C25H29NO4/c1-5-12-26-22(18-9-6-8-17(4)13-18)21(24(28)25(26)29)23(27)19-10-7-11-20(14-19)30-15-16(2)3/h6-11,13-14,16,22,27H,5,12,15H2,1-4H3/b23-21-. The summed E-state index contributed by atoms with van der Waals surface area (Å²) in [7, 11) is 0. The second kappa shape index (κ2) is 9.16. The highest BCUT2D eigenvalue weighted by atomic mass is 16.5. The van der Waals surface area contributed by atoms with Gasteiger partial charge in [0.25, 0.3) is 11.7 Å². The fraction of sp³-hybridized carbons (Fsp3) is 0.360. The normalized spacial score (nSPS) is 18.3. The number of amides is 1. The van der Waals surface area contributed by atoms with E-state index in [1.165, 1.54) is 0 Å². The van der Waals surface area contributed by atoms with Crippen LogP contribution in [0.2, 0.25) is 0 Å². The van der Waals surface area contributed by atoms with Gasteiger partial charge in [-0.2, -0.15) is 0 Å². The lowest BCUT2D eigenvalue weighted by Crippen LogP contribution is -2.30. The summed E-state index contributed by atoms with van der Waals surface area (Å²) in [6.45, 7) is 9.03. The number of aliphatic hydroxyl groups is 1. The van der Waals surface area contributed by atoms with Gasteiger partial charge in [0.15, 0.2) is 0 Å². The lowest BCUT2D eigenvalue weighted by Gasteiger charge is -2.25. The van der Waals surface area contributed by atoms with E-state index < -0.39 is 17.7 Å². The number of carbonyl (C=O) groups is 2. The minimum atomic E-state index is -0.652. The van der Waals surface area contributed by atoms with Crippen LogP contribution in [0.3, 0.4) is 0 Å². The molecular formula is C25H29NO4. The molecule has 1 aliphatic heterocycles. The van der Waals surface area contributed by atoms with Gasteiger partial charge in [0.2, 0.25) is 0 Å². The van der Waals surface area contributed by atoms with Crippen molar-refractivity contribution in [2.24, 2.45) is 5.92 Å². The summed E-state index contributed by atoms with van der Waals surface area (Å²) >= 11 is 0. The highest BCUT2D eigenvalue weighted by molar-refractivity contribution is 6.46. The quantitative estimate of drug-likeness (QED) is 0.404. The monoisotopic (exact) mass is 407 g/mol. The van der Waals surface area contributed by atoms with Crippen molar-refractivity contribution in [1.82, 2.24) is 4.90 Å². The van der Waals surface area contributed by atoms with Crippen LogP contribution in [0.15, 0.2) is 54.1 Å². The molecule has 1 N–H and O–H groups in total. The average Bonchev–Trinajstić information content (AvgIpc) is 2.97. The number of hydrogen-bond acceptors (Lipinski definition) is 4. The fourth-order valence-corrected chi connectivity index (χ4v) is 3.69. The molecule has 0 bridgehead atoms. The van der Waals surface area contributed by atoms with E-state index in [0.717, 1.165) is 11.1 Å². The van der Waals surface area contributed by atoms with Crippen molar-refractivity contribution >= 4 is 17.4 Å². The molecule has 2 aromatic carbocycles. The van der Waals surface area contributed by atoms with E-state index in [1.54, 1.807) is 23.1 Å². The number of nitrogens with zero attached hydrogens (tertiary/aromatic N) is 1. The Morgan fingerprint density at radius 1 is 1.13 bits per heavy atom. The number of aliphatic hydroxyl groups excluding tert-OH is 1. The molecule has 3 rings (SSSR count). The van der Waals surface area contributed by atoms with Crippen LogP contribution >= 0.6 is 0 Å². The summed E-state index contributed by atoms with van der Waals surface area (Å²) < 4.78 is 5.76. The van der Waals surface area contributed by atoms with Crippen LogP contribution in [0.4, 0.5) is 0 Å². The largest absolute Gasteiger partial charge is 0.507 e. The van der Waals surface area contributed by atoms with Gasteiger partial charge in [0.05, 0.1) is 18.2 Å². The second-order valence-electron chi connectivity index (χ2n) is 8.14. The van der Waals surface area contributed by atoms with E-state index in [9.17, 15) is 14.7 Å². The highest BCUT2D eigenvalue weighted by Gasteiger charge is 2.45. The lowest BCUT2D eigenvalue weighted by molar-refractivity contribution is -0.139. The number of aryl methyl sites for hydroxylation is 1. The summed E-state index contributed by atoms with van der Waals surface area (Å²) in [6, 6.07) is 14.1. The van der Waals surface area contributed by atoms with E-state index >= 15 is 0 Å². The van der Waals surface area contributed by atoms with Crippen LogP contribution in [-0.4, -0.2) is 34.8 Å². The molecule has 158 valence electrons. The third kappa shape index (κ3) is 4.40. The zero-order chi connectivity index (χ0) is 21.8. The van der Waals surface area contributed by atoms with Gasteiger partial charge in [0, 0.05) is 12.1 Å². The smallest absolute Gasteiger partial charge is 0.295 e. The van der Waals surface area contributed by atoms with Gasteiger partial charge < -0.3 is 14.7 Å². The highest BCUT2D eigenvalue weighted by Crippen LogP contribution is 2.40. The number of carbonyl (C=O) groups excluding carboxylic acids is 2. The molecule has 0 aliphatic carbocycles. The molecule has 1 heterocycles. The van der Waals surface area contributed by atoms with Crippen LogP contribution in [0, 0.1) is 12.8 Å². The summed E-state index contributed by atoms with van der Waals surface area (Å²) in [5.74, 6) is -0.419. The first-order valence-electron chi connectivity index (χ1n) is 10.4. The first kappa shape index (κ1) is 21.6. The Hall–Kier alpha value is -3.08. The maximum Gasteiger partial charge on any atom is 0.295 e. The molecular weight excluding hydrogens is 378 g/mol. The molecule has 1 fully saturated rings. The molecule has 2 aromatic rings. The summed E-state index contributed by atoms with van der Waals surface area (Å²) in [4.78, 5) is 27.3. The molecule has 0 aromatic heterocycles. The lowest BCUT2D eigenvalue weighted by atomic mass is 9.94. The summed E-state index contributed by atoms with van der Waals surface area (Å²) in [5.41, 5.74) is 2.43. The number of ether oxygens (including phenoxy) is 1. The van der Waals surface area contributed by atoms with Crippen molar-refractivity contribution in [3.8, 4) is 5.75 Å². The molecule has 0 spiro atoms. The van der Waals surface area contributed by atoms with Crippen LogP contribution in [-0.2, 0) is 9.59 Å². The molecule has 1 saturated heterocycles. The number of Topliss-reactive ketones (excluding diaryl/α,β-unsaturated/α-hetero) is 1. The molecule has 0 radical (unpaired) electrons. The van der Waals surface area contributed by atoms with Crippen LogP contribution < -0.4 is 4.74 Å². The van der Waals surface area contributed by atoms with Crippen LogP contribution in [0.25, 0.3) is 5.76 Å². The van der Waals surface area contributed by atoms with Gasteiger partial charge in [-0.3, -0.25) is 9.59 Å². The molecule has 5 nitrogen and oxygen atoms in total. The molecule has 5 heteroatoms. The first-order chi connectivity index (χ1) is 14.3. The molecule has 1 aliphatic rings. The van der Waals surface area contributed by atoms with Gasteiger partial charge in [0.1, 0.15) is 11.5 Å². The Kier molecular flexibility index (Phi) is 6.60. The topological polar surface area (TPSA) is 66.8 Å². The molecule has 0 saturated carbocycles. The zero-order valence-corrected chi connectivity index (χ0v) is 18.0. The van der Waals surface area contributed by atoms with Crippen molar-refractivity contribution in [3.05, 3.63) is 70.8 Å². The third-order valence-electron chi connectivity index (χ3n) is 5.05. The predicted molar refractivity (Wildman–Crippen MR) is 117 cm³/mol. The minimum absolute atomic E-state index is 0.125. The Morgan fingerprint density at radius 2 is 1.87 bits per heavy atom. The van der Waals surface area contributed by atoms with Gasteiger partial charge in [-0.1, -0.05) is 62.7 Å². The van der Waals surface area contributed by atoms with Crippen LogP contribution in [0.1, 0.15) is 49.9 Å². The Balaban J connectivity index is 2.10.